The fourth-order valence-electron chi connectivity index (χ4n) is 5.50. The van der Waals surface area contributed by atoms with E-state index in [0.29, 0.717) is 24.4 Å². The van der Waals surface area contributed by atoms with E-state index in [4.69, 9.17) is 4.74 Å². The van der Waals surface area contributed by atoms with Gasteiger partial charge in [0.2, 0.25) is 0 Å². The summed E-state index contributed by atoms with van der Waals surface area (Å²) in [6.45, 7) is 6.90. The van der Waals surface area contributed by atoms with Gasteiger partial charge in [-0.1, -0.05) is 39.0 Å². The van der Waals surface area contributed by atoms with Crippen LogP contribution >= 0.6 is 0 Å². The van der Waals surface area contributed by atoms with Crippen molar-refractivity contribution >= 4 is 29.6 Å². The Hall–Kier alpha value is -3.69. The molecule has 2 unspecified atom stereocenters. The number of para-hydroxylation sites is 1. The topological polar surface area (TPSA) is 123 Å². The minimum Gasteiger partial charge on any atom is -0.454 e. The fraction of sp³-hybridized carbons (Fsp3) is 0.480. The van der Waals surface area contributed by atoms with Crippen molar-refractivity contribution in [2.24, 2.45) is 11.3 Å². The molecule has 1 spiro atoms. The highest BCUT2D eigenvalue weighted by Crippen LogP contribution is 2.46. The number of aromatic nitrogens is 2. The molecule has 2 aliphatic rings. The van der Waals surface area contributed by atoms with Gasteiger partial charge in [-0.2, -0.15) is 5.10 Å². The number of anilines is 1. The van der Waals surface area contributed by atoms with Crippen LogP contribution in [0.2, 0.25) is 0 Å². The maximum absolute atomic E-state index is 13.2. The number of esters is 1. The SMILES string of the molecule is Cc1cc(NC(=O)COC(=O)CN2C(=O)NC3(CC(C)CC(C)(C)C3)C2=O)n(-c2ccccc2)n1. The van der Waals surface area contributed by atoms with Gasteiger partial charge in [0.15, 0.2) is 6.61 Å². The van der Waals surface area contributed by atoms with Crippen LogP contribution < -0.4 is 10.6 Å². The second kappa shape index (κ2) is 9.16. The fourth-order valence-corrected chi connectivity index (χ4v) is 5.50. The number of nitrogens with zero attached hydrogens (tertiary/aromatic N) is 3. The molecule has 0 bridgehead atoms. The van der Waals surface area contributed by atoms with E-state index in [1.807, 2.05) is 30.3 Å². The first-order chi connectivity index (χ1) is 16.5. The maximum Gasteiger partial charge on any atom is 0.326 e. The van der Waals surface area contributed by atoms with Gasteiger partial charge in [-0.3, -0.25) is 19.3 Å². The minimum absolute atomic E-state index is 0.111. The Morgan fingerprint density at radius 1 is 1.20 bits per heavy atom. The lowest BCUT2D eigenvalue weighted by molar-refractivity contribution is -0.150. The summed E-state index contributed by atoms with van der Waals surface area (Å²) in [6.07, 6.45) is 2.00. The van der Waals surface area contributed by atoms with Gasteiger partial charge in [-0.15, -0.1) is 0 Å². The quantitative estimate of drug-likeness (QED) is 0.483. The first-order valence-corrected chi connectivity index (χ1v) is 11.7. The monoisotopic (exact) mass is 481 g/mol. The summed E-state index contributed by atoms with van der Waals surface area (Å²) in [5, 5.41) is 9.88. The standard InChI is InChI=1S/C25H31N5O5/c1-16-11-24(3,4)15-25(12-16)22(33)29(23(34)27-25)13-21(32)35-14-20(31)26-19-10-17(2)28-30(19)18-8-6-5-7-9-18/h5-10,16H,11-15H2,1-4H3,(H,26,31)(H,27,34). The van der Waals surface area contributed by atoms with E-state index in [0.717, 1.165) is 17.0 Å². The van der Waals surface area contributed by atoms with E-state index < -0.39 is 42.5 Å². The zero-order chi connectivity index (χ0) is 25.4. The van der Waals surface area contributed by atoms with Crippen LogP contribution in [0.1, 0.15) is 45.7 Å². The molecular weight excluding hydrogens is 450 g/mol. The molecule has 1 saturated carbocycles. The summed E-state index contributed by atoms with van der Waals surface area (Å²) in [7, 11) is 0. The molecule has 2 aromatic rings. The van der Waals surface area contributed by atoms with Gasteiger partial charge in [0, 0.05) is 6.07 Å². The van der Waals surface area contributed by atoms with Gasteiger partial charge in [0.05, 0.1) is 11.4 Å². The highest BCUT2D eigenvalue weighted by molar-refractivity contribution is 6.09. The Kier molecular flexibility index (Phi) is 6.40. The lowest BCUT2D eigenvalue weighted by atomic mass is 9.64. The maximum atomic E-state index is 13.2. The zero-order valence-corrected chi connectivity index (χ0v) is 20.5. The molecule has 1 aliphatic carbocycles. The lowest BCUT2D eigenvalue weighted by Crippen LogP contribution is -2.54. The number of carbonyl (C=O) groups excluding carboxylic acids is 4. The predicted molar refractivity (Wildman–Crippen MR) is 128 cm³/mol. The summed E-state index contributed by atoms with van der Waals surface area (Å²) in [6, 6.07) is 10.4. The number of nitrogens with one attached hydrogen (secondary N) is 2. The van der Waals surface area contributed by atoms with Crippen molar-refractivity contribution in [1.82, 2.24) is 20.0 Å². The van der Waals surface area contributed by atoms with Gasteiger partial charge in [-0.05, 0) is 49.7 Å². The average Bonchev–Trinajstić information content (AvgIpc) is 3.23. The van der Waals surface area contributed by atoms with Gasteiger partial charge in [0.25, 0.3) is 11.8 Å². The molecule has 35 heavy (non-hydrogen) atoms. The van der Waals surface area contributed by atoms with Crippen molar-refractivity contribution in [2.75, 3.05) is 18.5 Å². The van der Waals surface area contributed by atoms with Crippen LogP contribution in [0.15, 0.2) is 36.4 Å². The molecule has 2 N–H and O–H groups in total. The first kappa shape index (κ1) is 24.4. The van der Waals surface area contributed by atoms with Gasteiger partial charge in [-0.25, -0.2) is 9.48 Å². The molecule has 4 amide bonds. The van der Waals surface area contributed by atoms with Crippen LogP contribution in [0.3, 0.4) is 0 Å². The average molecular weight is 482 g/mol. The summed E-state index contributed by atoms with van der Waals surface area (Å²) in [5.41, 5.74) is 0.359. The minimum atomic E-state index is -0.996. The van der Waals surface area contributed by atoms with Crippen LogP contribution in [0, 0.1) is 18.3 Å². The van der Waals surface area contributed by atoms with Crippen LogP contribution in [0.25, 0.3) is 5.69 Å². The largest absolute Gasteiger partial charge is 0.454 e. The number of urea groups is 1. The first-order valence-electron chi connectivity index (χ1n) is 11.7. The van der Waals surface area contributed by atoms with Crippen molar-refractivity contribution in [3.63, 3.8) is 0 Å². The Morgan fingerprint density at radius 2 is 1.91 bits per heavy atom. The summed E-state index contributed by atoms with van der Waals surface area (Å²) in [5.74, 6) is -1.12. The molecule has 1 aromatic heterocycles. The molecule has 10 nitrogen and oxygen atoms in total. The molecule has 0 radical (unpaired) electrons. The number of hydrogen-bond acceptors (Lipinski definition) is 6. The second-order valence-corrected chi connectivity index (χ2v) is 10.4. The number of rotatable bonds is 6. The zero-order valence-electron chi connectivity index (χ0n) is 20.5. The molecule has 2 atom stereocenters. The molecule has 1 aromatic carbocycles. The summed E-state index contributed by atoms with van der Waals surface area (Å²) < 4.78 is 6.65. The third-order valence-corrected chi connectivity index (χ3v) is 6.38. The normalized spacial score (nSPS) is 23.3. The van der Waals surface area contributed by atoms with E-state index >= 15 is 0 Å². The van der Waals surface area contributed by atoms with Crippen LogP contribution in [-0.2, 0) is 19.1 Å². The Balaban J connectivity index is 1.34. The molecule has 2 heterocycles. The lowest BCUT2D eigenvalue weighted by Gasteiger charge is -2.43. The van der Waals surface area contributed by atoms with Crippen molar-refractivity contribution in [3.05, 3.63) is 42.1 Å². The predicted octanol–water partition coefficient (Wildman–Crippen LogP) is 2.80. The van der Waals surface area contributed by atoms with Crippen molar-refractivity contribution in [2.45, 2.75) is 52.5 Å². The van der Waals surface area contributed by atoms with E-state index in [2.05, 4.69) is 36.5 Å². The van der Waals surface area contributed by atoms with Crippen molar-refractivity contribution in [3.8, 4) is 5.69 Å². The number of aryl methyl sites for hydroxylation is 1. The second-order valence-electron chi connectivity index (χ2n) is 10.4. The Bertz CT molecular complexity index is 1160. The molecular formula is C25H31N5O5. The van der Waals surface area contributed by atoms with Crippen LogP contribution in [-0.4, -0.2) is 57.2 Å². The molecule has 4 rings (SSSR count). The molecule has 1 saturated heterocycles. The number of ether oxygens (including phenoxy) is 1. The van der Waals surface area contributed by atoms with Gasteiger partial charge >= 0.3 is 12.0 Å². The van der Waals surface area contributed by atoms with E-state index in [1.54, 1.807) is 17.7 Å². The van der Waals surface area contributed by atoms with E-state index in [-0.39, 0.29) is 11.3 Å². The van der Waals surface area contributed by atoms with Gasteiger partial charge in [0.1, 0.15) is 17.9 Å². The number of benzene rings is 1. The number of amides is 4. The van der Waals surface area contributed by atoms with Gasteiger partial charge < -0.3 is 15.4 Å². The highest BCUT2D eigenvalue weighted by Gasteiger charge is 2.56. The number of imide groups is 1. The smallest absolute Gasteiger partial charge is 0.326 e. The van der Waals surface area contributed by atoms with Crippen molar-refractivity contribution in [1.29, 1.82) is 0 Å². The molecule has 2 fully saturated rings. The summed E-state index contributed by atoms with van der Waals surface area (Å²) >= 11 is 0. The Labute approximate surface area is 204 Å². The highest BCUT2D eigenvalue weighted by atomic mass is 16.5. The third-order valence-electron chi connectivity index (χ3n) is 6.38. The summed E-state index contributed by atoms with van der Waals surface area (Å²) in [4.78, 5) is 51.5. The number of hydrogen-bond donors (Lipinski definition) is 2. The third kappa shape index (κ3) is 5.21. The van der Waals surface area contributed by atoms with Crippen LogP contribution in [0.4, 0.5) is 10.6 Å². The molecule has 1 aliphatic heterocycles. The van der Waals surface area contributed by atoms with E-state index in [1.165, 1.54) is 0 Å². The number of carbonyl (C=O) groups is 4. The molecule has 186 valence electrons. The van der Waals surface area contributed by atoms with Crippen LogP contribution in [0.5, 0.6) is 0 Å². The molecule has 10 heteroatoms. The van der Waals surface area contributed by atoms with E-state index in [9.17, 15) is 19.2 Å². The Morgan fingerprint density at radius 3 is 2.60 bits per heavy atom. The van der Waals surface area contributed by atoms with Crippen molar-refractivity contribution < 1.29 is 23.9 Å².